The largest absolute Gasteiger partial charge is 0.488 e. The Morgan fingerprint density at radius 2 is 1.56 bits per heavy atom. The molecule has 0 aliphatic heterocycles. The van der Waals surface area contributed by atoms with Gasteiger partial charge < -0.3 is 29.0 Å². The summed E-state index contributed by atoms with van der Waals surface area (Å²) in [5, 5.41) is 2.88. The lowest BCUT2D eigenvalue weighted by molar-refractivity contribution is -0.136. The van der Waals surface area contributed by atoms with E-state index in [4.69, 9.17) is 19.2 Å². The Labute approximate surface area is 289 Å². The molecule has 0 unspecified atom stereocenters. The molecule has 0 saturated heterocycles. The van der Waals surface area contributed by atoms with E-state index < -0.39 is 25.8 Å². The number of rotatable bonds is 14. The smallest absolute Gasteiger partial charge is 0.408 e. The van der Waals surface area contributed by atoms with Gasteiger partial charge in [-0.1, -0.05) is 62.1 Å². The van der Waals surface area contributed by atoms with Crippen LogP contribution in [0.4, 0.5) is 4.79 Å². The molecule has 1 heterocycles. The number of nitrogens with zero attached hydrogens (tertiary/aromatic N) is 3. The molecule has 3 aromatic rings. The Bertz CT molecular complexity index is 1480. The van der Waals surface area contributed by atoms with Gasteiger partial charge in [0.25, 0.3) is 0 Å². The fraction of sp³-hybridized carbons (Fsp3) is 0.553. The number of aromatic nitrogens is 2. The van der Waals surface area contributed by atoms with Crippen molar-refractivity contribution in [2.45, 2.75) is 131 Å². The van der Waals surface area contributed by atoms with Crippen molar-refractivity contribution >= 4 is 20.1 Å². The highest BCUT2D eigenvalue weighted by Crippen LogP contribution is 2.26. The van der Waals surface area contributed by atoms with Gasteiger partial charge >= 0.3 is 6.09 Å². The van der Waals surface area contributed by atoms with Crippen LogP contribution in [0, 0.1) is 6.92 Å². The van der Waals surface area contributed by atoms with Gasteiger partial charge in [-0.05, 0) is 86.1 Å². The summed E-state index contributed by atoms with van der Waals surface area (Å²) in [5.74, 6) is 1.24. The van der Waals surface area contributed by atoms with E-state index in [9.17, 15) is 9.59 Å². The summed E-state index contributed by atoms with van der Waals surface area (Å²) in [5.41, 5.74) is 2.67. The summed E-state index contributed by atoms with van der Waals surface area (Å²) in [4.78, 5) is 34.4. The van der Waals surface area contributed by atoms with Crippen LogP contribution in [-0.4, -0.2) is 64.4 Å². The molecule has 2 aromatic carbocycles. The Hall–Kier alpha value is -3.63. The van der Waals surface area contributed by atoms with Gasteiger partial charge in [0.15, 0.2) is 0 Å². The summed E-state index contributed by atoms with van der Waals surface area (Å²) in [6, 6.07) is 17.7. The molecule has 1 N–H and O–H groups in total. The number of imidazole rings is 1. The Morgan fingerprint density at radius 1 is 0.938 bits per heavy atom. The monoisotopic (exact) mass is 678 g/mol. The van der Waals surface area contributed by atoms with Crippen molar-refractivity contribution in [3.05, 3.63) is 71.7 Å². The first kappa shape index (κ1) is 38.8. The zero-order chi connectivity index (χ0) is 35.9. The van der Waals surface area contributed by atoms with Crippen LogP contribution in [0.5, 0.6) is 5.75 Å². The fourth-order valence-electron chi connectivity index (χ4n) is 5.09. The molecular formula is C38H58N4O5Si. The summed E-state index contributed by atoms with van der Waals surface area (Å²) < 4.78 is 19.8. The minimum Gasteiger partial charge on any atom is -0.488 e. The molecule has 0 fully saturated rings. The van der Waals surface area contributed by atoms with Gasteiger partial charge in [0.05, 0.1) is 12.2 Å². The zero-order valence-electron chi connectivity index (χ0n) is 31.3. The SMILES string of the molecule is Cc1c(-c2ccccc2)nc(CN(C(=O)[C@H](Cc2ccc(OC(C)(C)C)cc2)NC(=O)OC(C)(C)C)C(C)C)n1COCC[Si](C)(C)C. The fourth-order valence-corrected chi connectivity index (χ4v) is 5.84. The molecule has 0 radical (unpaired) electrons. The van der Waals surface area contributed by atoms with E-state index >= 15 is 0 Å². The van der Waals surface area contributed by atoms with Gasteiger partial charge in [-0.15, -0.1) is 0 Å². The van der Waals surface area contributed by atoms with Gasteiger partial charge in [0, 0.05) is 38.4 Å². The molecular weight excluding hydrogens is 621 g/mol. The summed E-state index contributed by atoms with van der Waals surface area (Å²) >= 11 is 0. The van der Waals surface area contributed by atoms with Gasteiger partial charge in [-0.25, -0.2) is 9.78 Å². The van der Waals surface area contributed by atoms with Crippen LogP contribution in [0.25, 0.3) is 11.3 Å². The second-order valence-electron chi connectivity index (χ2n) is 15.9. The molecule has 2 amide bonds. The average Bonchev–Trinajstić information content (AvgIpc) is 3.26. The topological polar surface area (TPSA) is 94.9 Å². The first-order valence-electron chi connectivity index (χ1n) is 17.0. The molecule has 0 aliphatic carbocycles. The molecule has 9 nitrogen and oxygen atoms in total. The van der Waals surface area contributed by atoms with Crippen molar-refractivity contribution in [2.24, 2.45) is 0 Å². The van der Waals surface area contributed by atoms with Crippen LogP contribution < -0.4 is 10.1 Å². The number of hydrogen-bond acceptors (Lipinski definition) is 6. The van der Waals surface area contributed by atoms with E-state index in [2.05, 4.69) is 29.5 Å². The maximum atomic E-state index is 14.5. The van der Waals surface area contributed by atoms with Crippen molar-refractivity contribution in [2.75, 3.05) is 6.61 Å². The molecule has 1 aromatic heterocycles. The van der Waals surface area contributed by atoms with E-state index in [1.807, 2.05) is 96.1 Å². The summed E-state index contributed by atoms with van der Waals surface area (Å²) in [7, 11) is -1.27. The van der Waals surface area contributed by atoms with E-state index in [1.165, 1.54) is 0 Å². The second-order valence-corrected chi connectivity index (χ2v) is 21.5. The van der Waals surface area contributed by atoms with Crippen LogP contribution in [0.15, 0.2) is 54.6 Å². The molecule has 3 rings (SSSR count). The molecule has 0 bridgehead atoms. The van der Waals surface area contributed by atoms with Gasteiger partial charge in [0.1, 0.15) is 35.5 Å². The lowest BCUT2D eigenvalue weighted by Crippen LogP contribution is -2.52. The lowest BCUT2D eigenvalue weighted by Gasteiger charge is -2.31. The number of ether oxygens (including phenoxy) is 3. The Morgan fingerprint density at radius 3 is 2.10 bits per heavy atom. The van der Waals surface area contributed by atoms with Crippen LogP contribution >= 0.6 is 0 Å². The number of carbonyl (C=O) groups excluding carboxylic acids is 2. The number of amides is 2. The van der Waals surface area contributed by atoms with Gasteiger partial charge in [0.2, 0.25) is 5.91 Å². The van der Waals surface area contributed by atoms with Crippen molar-refractivity contribution in [3.8, 4) is 17.0 Å². The van der Waals surface area contributed by atoms with Crippen molar-refractivity contribution in [1.82, 2.24) is 19.8 Å². The molecule has 0 saturated carbocycles. The minimum atomic E-state index is -1.27. The predicted octanol–water partition coefficient (Wildman–Crippen LogP) is 8.22. The number of alkyl carbamates (subject to hydrolysis) is 1. The van der Waals surface area contributed by atoms with E-state index in [0.717, 1.165) is 40.1 Å². The molecule has 48 heavy (non-hydrogen) atoms. The molecule has 10 heteroatoms. The van der Waals surface area contributed by atoms with Gasteiger partial charge in [-0.2, -0.15) is 0 Å². The Kier molecular flexibility index (Phi) is 13.1. The lowest BCUT2D eigenvalue weighted by atomic mass is 10.0. The number of benzene rings is 2. The van der Waals surface area contributed by atoms with E-state index in [-0.39, 0.29) is 30.5 Å². The van der Waals surface area contributed by atoms with Crippen LogP contribution in [0.1, 0.15) is 72.5 Å². The summed E-state index contributed by atoms with van der Waals surface area (Å²) in [6.45, 7) is 25.6. The maximum Gasteiger partial charge on any atom is 0.408 e. The first-order valence-corrected chi connectivity index (χ1v) is 20.7. The van der Waals surface area contributed by atoms with E-state index in [1.54, 1.807) is 25.7 Å². The molecule has 264 valence electrons. The van der Waals surface area contributed by atoms with Crippen LogP contribution in [-0.2, 0) is 34.0 Å². The third-order valence-corrected chi connectivity index (χ3v) is 9.26. The highest BCUT2D eigenvalue weighted by molar-refractivity contribution is 6.76. The first-order chi connectivity index (χ1) is 22.2. The third-order valence-electron chi connectivity index (χ3n) is 7.56. The maximum absolute atomic E-state index is 14.5. The zero-order valence-corrected chi connectivity index (χ0v) is 32.3. The van der Waals surface area contributed by atoms with Crippen molar-refractivity contribution < 1.29 is 23.8 Å². The number of hydrogen-bond donors (Lipinski definition) is 1. The number of carbonyl (C=O) groups is 2. The molecule has 0 spiro atoms. The second kappa shape index (κ2) is 16.2. The van der Waals surface area contributed by atoms with Crippen LogP contribution in [0.3, 0.4) is 0 Å². The third kappa shape index (κ3) is 12.4. The predicted molar refractivity (Wildman–Crippen MR) is 196 cm³/mol. The van der Waals surface area contributed by atoms with Gasteiger partial charge in [-0.3, -0.25) is 4.79 Å². The molecule has 1 atom stereocenters. The van der Waals surface area contributed by atoms with E-state index in [0.29, 0.717) is 13.3 Å². The highest BCUT2D eigenvalue weighted by Gasteiger charge is 2.31. The Balaban J connectivity index is 1.95. The standard InChI is InChI=1S/C38H58N4O5Si/c1-27(2)41(25-33-40-34(30-16-14-13-15-17-30)28(3)42(33)26-45-22-23-48(10,11)12)35(43)32(39-36(44)47-38(7,8)9)24-29-18-20-31(21-19-29)46-37(4,5)6/h13-21,27,32H,22-26H2,1-12H3,(H,39,44)/t32-/m0/s1. The average molecular weight is 679 g/mol. The van der Waals surface area contributed by atoms with Crippen LogP contribution in [0.2, 0.25) is 25.7 Å². The quantitative estimate of drug-likeness (QED) is 0.136. The highest BCUT2D eigenvalue weighted by atomic mass is 28.3. The van der Waals surface area contributed by atoms with Crippen molar-refractivity contribution in [3.63, 3.8) is 0 Å². The summed E-state index contributed by atoms with van der Waals surface area (Å²) in [6.07, 6.45) is -0.364. The number of nitrogens with one attached hydrogen (secondary N) is 1. The minimum absolute atomic E-state index is 0.179. The normalized spacial score (nSPS) is 12.9. The molecule has 0 aliphatic rings. The van der Waals surface area contributed by atoms with Crippen molar-refractivity contribution in [1.29, 1.82) is 0 Å².